The van der Waals surface area contributed by atoms with Crippen molar-refractivity contribution in [3.8, 4) is 0 Å². The van der Waals surface area contributed by atoms with Gasteiger partial charge in [0.25, 0.3) is 0 Å². The van der Waals surface area contributed by atoms with Crippen molar-refractivity contribution >= 4 is 29.4 Å². The predicted molar refractivity (Wildman–Crippen MR) is 185 cm³/mol. The van der Waals surface area contributed by atoms with Crippen molar-refractivity contribution in [1.82, 2.24) is 30.8 Å². The monoisotopic (exact) mass is 672 g/mol. The fourth-order valence-electron chi connectivity index (χ4n) is 5.20. The second-order valence-electron chi connectivity index (χ2n) is 12.0. The quantitative estimate of drug-likeness (QED) is 0.135. The molecule has 2 aromatic carbocycles. The molecule has 0 bridgehead atoms. The van der Waals surface area contributed by atoms with Crippen LogP contribution >= 0.6 is 11.3 Å². The van der Waals surface area contributed by atoms with E-state index in [9.17, 15) is 19.5 Å². The molecule has 2 aromatic heterocycles. The minimum atomic E-state index is -1.06. The number of thiazole rings is 1. The summed E-state index contributed by atoms with van der Waals surface area (Å²) < 4.78 is 5.46. The van der Waals surface area contributed by atoms with Crippen LogP contribution in [0.1, 0.15) is 42.0 Å². The zero-order valence-electron chi connectivity index (χ0n) is 27.5. The van der Waals surface area contributed by atoms with E-state index in [0.29, 0.717) is 19.4 Å². The summed E-state index contributed by atoms with van der Waals surface area (Å²) in [7, 11) is 1.65. The molecule has 0 spiro atoms. The molecule has 254 valence electrons. The van der Waals surface area contributed by atoms with E-state index in [0.717, 1.165) is 21.7 Å². The summed E-state index contributed by atoms with van der Waals surface area (Å²) in [5, 5.41) is 23.1. The summed E-state index contributed by atoms with van der Waals surface area (Å²) in [6, 6.07) is 20.3. The second kappa shape index (κ2) is 18.5. The standard InChI is InChI=1S/C36H44N6O5S/c1-25(2)33(41-35(45)42(3)23-32-38-17-18-48-32)34(44)40-30(20-27-13-8-5-9-14-27)31(43)21-29(19-26-11-6-4-7-12-26)39-36(46)47-24-28-15-10-16-37-22-28/h4-18,22,25,29-31,33,43H,19-21,23-24H2,1-3H3,(H,39,46)(H,40,44)(H,41,45)/t29-,30-,31-,33-/m0/s1. The number of amides is 4. The lowest BCUT2D eigenvalue weighted by molar-refractivity contribution is -0.125. The highest BCUT2D eigenvalue weighted by Crippen LogP contribution is 2.16. The second-order valence-corrected chi connectivity index (χ2v) is 13.0. The van der Waals surface area contributed by atoms with Crippen molar-refractivity contribution in [2.75, 3.05) is 7.05 Å². The van der Waals surface area contributed by atoms with E-state index in [1.54, 1.807) is 31.7 Å². The van der Waals surface area contributed by atoms with E-state index in [-0.39, 0.29) is 18.9 Å². The van der Waals surface area contributed by atoms with Crippen LogP contribution in [0.5, 0.6) is 0 Å². The Balaban J connectivity index is 1.48. The zero-order valence-corrected chi connectivity index (χ0v) is 28.3. The molecule has 0 unspecified atom stereocenters. The Morgan fingerprint density at radius 2 is 1.54 bits per heavy atom. The molecule has 12 heteroatoms. The van der Waals surface area contributed by atoms with Gasteiger partial charge < -0.3 is 30.7 Å². The topological polar surface area (TPSA) is 146 Å². The summed E-state index contributed by atoms with van der Waals surface area (Å²) in [4.78, 5) is 49.5. The van der Waals surface area contributed by atoms with Gasteiger partial charge in [-0.3, -0.25) is 9.78 Å². The maximum atomic E-state index is 13.8. The van der Waals surface area contributed by atoms with Crippen LogP contribution in [0.2, 0.25) is 0 Å². The molecule has 0 aliphatic carbocycles. The zero-order chi connectivity index (χ0) is 34.3. The number of aromatic nitrogens is 2. The molecule has 0 aliphatic rings. The number of urea groups is 1. The van der Waals surface area contributed by atoms with Crippen LogP contribution in [0.4, 0.5) is 9.59 Å². The number of carbonyl (C=O) groups excluding carboxylic acids is 3. The fourth-order valence-corrected chi connectivity index (χ4v) is 5.86. The lowest BCUT2D eigenvalue weighted by Gasteiger charge is -2.31. The van der Waals surface area contributed by atoms with Crippen molar-refractivity contribution in [1.29, 1.82) is 0 Å². The van der Waals surface area contributed by atoms with E-state index in [1.807, 2.05) is 86.0 Å². The van der Waals surface area contributed by atoms with Gasteiger partial charge in [0.05, 0.1) is 18.7 Å². The highest BCUT2D eigenvalue weighted by Gasteiger charge is 2.31. The normalized spacial score (nSPS) is 13.5. The van der Waals surface area contributed by atoms with Crippen LogP contribution in [-0.4, -0.2) is 69.3 Å². The Bertz CT molecular complexity index is 1540. The Kier molecular flexibility index (Phi) is 13.9. The molecule has 2 heterocycles. The minimum Gasteiger partial charge on any atom is -0.445 e. The number of hydrogen-bond acceptors (Lipinski definition) is 8. The third-order valence-corrected chi connectivity index (χ3v) is 8.55. The van der Waals surface area contributed by atoms with Crippen LogP contribution < -0.4 is 16.0 Å². The predicted octanol–water partition coefficient (Wildman–Crippen LogP) is 4.72. The molecule has 0 saturated carbocycles. The van der Waals surface area contributed by atoms with Crippen LogP contribution in [0.3, 0.4) is 0 Å². The van der Waals surface area contributed by atoms with Gasteiger partial charge in [-0.15, -0.1) is 11.3 Å². The molecule has 4 atom stereocenters. The van der Waals surface area contributed by atoms with E-state index < -0.39 is 42.3 Å². The Morgan fingerprint density at radius 3 is 2.15 bits per heavy atom. The number of nitrogens with zero attached hydrogens (tertiary/aromatic N) is 3. The molecule has 0 saturated heterocycles. The van der Waals surface area contributed by atoms with Gasteiger partial charge in [-0.2, -0.15) is 0 Å². The number of aliphatic hydroxyl groups is 1. The van der Waals surface area contributed by atoms with E-state index in [2.05, 4.69) is 25.9 Å². The summed E-state index contributed by atoms with van der Waals surface area (Å²) in [6.07, 6.45) is 4.16. The van der Waals surface area contributed by atoms with E-state index in [4.69, 9.17) is 4.74 Å². The first-order chi connectivity index (χ1) is 23.2. The third kappa shape index (κ3) is 11.8. The van der Waals surface area contributed by atoms with Gasteiger partial charge in [-0.25, -0.2) is 14.6 Å². The van der Waals surface area contributed by atoms with Crippen LogP contribution in [0.25, 0.3) is 0 Å². The largest absolute Gasteiger partial charge is 0.445 e. The first kappa shape index (κ1) is 36.0. The van der Waals surface area contributed by atoms with Crippen molar-refractivity contribution < 1.29 is 24.2 Å². The average molecular weight is 673 g/mol. The first-order valence-corrected chi connectivity index (χ1v) is 16.8. The molecule has 4 amide bonds. The van der Waals surface area contributed by atoms with Gasteiger partial charge in [0.1, 0.15) is 17.7 Å². The maximum Gasteiger partial charge on any atom is 0.407 e. The molecule has 0 fully saturated rings. The third-order valence-electron chi connectivity index (χ3n) is 7.79. The van der Waals surface area contributed by atoms with Gasteiger partial charge in [-0.05, 0) is 42.4 Å². The summed E-state index contributed by atoms with van der Waals surface area (Å²) in [5.41, 5.74) is 2.63. The lowest BCUT2D eigenvalue weighted by atomic mass is 9.93. The van der Waals surface area contributed by atoms with Crippen LogP contribution in [0, 0.1) is 5.92 Å². The van der Waals surface area contributed by atoms with Crippen molar-refractivity contribution in [2.24, 2.45) is 5.92 Å². The summed E-state index contributed by atoms with van der Waals surface area (Å²) in [5.74, 6) is -0.650. The van der Waals surface area contributed by atoms with E-state index >= 15 is 0 Å². The fraction of sp³-hybridized carbons (Fsp3) is 0.361. The molecular weight excluding hydrogens is 629 g/mol. The maximum absolute atomic E-state index is 13.8. The minimum absolute atomic E-state index is 0.0499. The number of hydrogen-bond donors (Lipinski definition) is 4. The number of alkyl carbamates (subject to hydrolysis) is 1. The smallest absolute Gasteiger partial charge is 0.407 e. The Morgan fingerprint density at radius 1 is 0.875 bits per heavy atom. The lowest BCUT2D eigenvalue weighted by Crippen LogP contribution is -2.57. The molecular formula is C36H44N6O5S. The Hall–Kier alpha value is -4.81. The van der Waals surface area contributed by atoms with Gasteiger partial charge in [-0.1, -0.05) is 80.6 Å². The molecule has 4 rings (SSSR count). The number of nitrogens with one attached hydrogen (secondary N) is 3. The molecule has 11 nitrogen and oxygen atoms in total. The van der Waals surface area contributed by atoms with Gasteiger partial charge >= 0.3 is 12.1 Å². The SMILES string of the molecule is CC(C)[C@H](NC(=O)N(C)Cc1nccs1)C(=O)N[C@@H](Cc1ccccc1)[C@@H](O)C[C@H](Cc1ccccc1)NC(=O)OCc1cccnc1. The number of aliphatic hydroxyl groups excluding tert-OH is 1. The number of carbonyl (C=O) groups is 3. The number of ether oxygens (including phenoxy) is 1. The molecule has 48 heavy (non-hydrogen) atoms. The summed E-state index contributed by atoms with van der Waals surface area (Å²) in [6.45, 7) is 4.07. The van der Waals surface area contributed by atoms with Gasteiger partial charge in [0.15, 0.2) is 0 Å². The van der Waals surface area contributed by atoms with Gasteiger partial charge in [0, 0.05) is 42.6 Å². The molecule has 4 aromatic rings. The number of benzene rings is 2. The molecule has 4 N–H and O–H groups in total. The average Bonchev–Trinajstić information content (AvgIpc) is 3.60. The van der Waals surface area contributed by atoms with Crippen molar-refractivity contribution in [2.45, 2.75) is 70.5 Å². The Labute approximate surface area is 285 Å². The van der Waals surface area contributed by atoms with Crippen LogP contribution in [-0.2, 0) is 35.5 Å². The van der Waals surface area contributed by atoms with E-state index in [1.165, 1.54) is 16.2 Å². The molecule has 0 aliphatic heterocycles. The van der Waals surface area contributed by atoms with Gasteiger partial charge in [0.2, 0.25) is 5.91 Å². The number of pyridine rings is 1. The highest BCUT2D eigenvalue weighted by molar-refractivity contribution is 7.09. The van der Waals surface area contributed by atoms with Crippen LogP contribution in [0.15, 0.2) is 96.8 Å². The first-order valence-electron chi connectivity index (χ1n) is 16.0. The number of rotatable bonds is 16. The van der Waals surface area contributed by atoms with Crippen molar-refractivity contribution in [3.63, 3.8) is 0 Å². The highest BCUT2D eigenvalue weighted by atomic mass is 32.1. The summed E-state index contributed by atoms with van der Waals surface area (Å²) >= 11 is 1.45. The molecule has 0 radical (unpaired) electrons. The van der Waals surface area contributed by atoms with Crippen molar-refractivity contribution in [3.05, 3.63) is 118 Å².